The van der Waals surface area contributed by atoms with Gasteiger partial charge in [0.1, 0.15) is 0 Å². The quantitative estimate of drug-likeness (QED) is 0.170. The summed E-state index contributed by atoms with van der Waals surface area (Å²) in [5.74, 6) is 2.10. The van der Waals surface area contributed by atoms with Gasteiger partial charge in [-0.1, -0.05) is 77.9 Å². The van der Waals surface area contributed by atoms with Crippen LogP contribution in [0.4, 0.5) is 0 Å². The van der Waals surface area contributed by atoms with Crippen molar-refractivity contribution in [3.8, 4) is 45.4 Å². The van der Waals surface area contributed by atoms with E-state index in [0.717, 1.165) is 65.3 Å². The number of benzene rings is 3. The standard InChI is InChI=1S/C43H45N4.Ir/c1-41(2)35-21-19-31(25-36(35)42(3,4)43(41,5)6)37-22-20-34(26-44-37)40-46-38(32-17-15-27-11-7-9-13-29(27)23-32)45-39(47-40)33-18-16-28-12-8-10-14-30(28)24-33;/h15-18,20-26H,7-14H2,1-6H3;/q-1;. The zero-order valence-electron chi connectivity index (χ0n) is 29.1. The van der Waals surface area contributed by atoms with E-state index in [-0.39, 0.29) is 36.4 Å². The van der Waals surface area contributed by atoms with Crippen LogP contribution in [-0.4, -0.2) is 19.9 Å². The van der Waals surface area contributed by atoms with Gasteiger partial charge in [-0.25, -0.2) is 15.0 Å². The predicted octanol–water partition coefficient (Wildman–Crippen LogP) is 10.1. The second kappa shape index (κ2) is 12.1. The van der Waals surface area contributed by atoms with Crippen molar-refractivity contribution in [1.82, 2.24) is 19.9 Å². The van der Waals surface area contributed by atoms with E-state index in [9.17, 15) is 0 Å². The van der Waals surface area contributed by atoms with Gasteiger partial charge in [-0.15, -0.1) is 34.9 Å². The van der Waals surface area contributed by atoms with Gasteiger partial charge in [-0.05, 0) is 108 Å². The first-order chi connectivity index (χ1) is 22.5. The maximum atomic E-state index is 5.08. The average molecular weight is 810 g/mol. The molecule has 0 spiro atoms. The summed E-state index contributed by atoms with van der Waals surface area (Å²) in [6, 6.07) is 25.8. The molecule has 0 unspecified atom stereocenters. The molecule has 0 saturated carbocycles. The summed E-state index contributed by atoms with van der Waals surface area (Å²) in [5, 5.41) is 0. The Morgan fingerprint density at radius 1 is 0.542 bits per heavy atom. The number of hydrogen-bond acceptors (Lipinski definition) is 4. The fourth-order valence-corrected chi connectivity index (χ4v) is 8.32. The first kappa shape index (κ1) is 33.0. The molecule has 0 fully saturated rings. The first-order valence-corrected chi connectivity index (χ1v) is 17.6. The molecule has 5 heteroatoms. The van der Waals surface area contributed by atoms with Crippen LogP contribution in [0.25, 0.3) is 45.4 Å². The Morgan fingerprint density at radius 3 is 1.54 bits per heavy atom. The molecule has 3 aliphatic carbocycles. The number of aryl methyl sites for hydroxylation is 4. The van der Waals surface area contributed by atoms with E-state index >= 15 is 0 Å². The van der Waals surface area contributed by atoms with Crippen LogP contribution < -0.4 is 0 Å². The molecule has 5 aromatic rings. The van der Waals surface area contributed by atoms with Crippen molar-refractivity contribution in [3.05, 3.63) is 106 Å². The minimum Gasteiger partial charge on any atom is -0.304 e. The van der Waals surface area contributed by atoms with Gasteiger partial charge in [0.15, 0.2) is 17.5 Å². The van der Waals surface area contributed by atoms with E-state index in [1.54, 1.807) is 0 Å². The average Bonchev–Trinajstić information content (AvgIpc) is 3.20. The topological polar surface area (TPSA) is 51.6 Å². The van der Waals surface area contributed by atoms with Crippen LogP contribution in [0.2, 0.25) is 0 Å². The maximum Gasteiger partial charge on any atom is 0.165 e. The van der Waals surface area contributed by atoms with E-state index in [0.29, 0.717) is 5.82 Å². The number of hydrogen-bond donors (Lipinski definition) is 0. The molecule has 2 aromatic heterocycles. The number of aromatic nitrogens is 4. The Labute approximate surface area is 299 Å². The van der Waals surface area contributed by atoms with Gasteiger partial charge in [0.2, 0.25) is 0 Å². The molecule has 4 nitrogen and oxygen atoms in total. The SMILES string of the molecule is CC1(C)c2c[c-]c(-c3ccc(-c4nc(-c5ccc6c(c5)CCCC6)nc(-c5ccc6c(c5)CCCC6)n4)cn3)cc2C(C)(C)C1(C)C.[Ir]. The second-order valence-electron chi connectivity index (χ2n) is 15.7. The Kier molecular flexibility index (Phi) is 8.32. The monoisotopic (exact) mass is 810 g/mol. The molecule has 0 amide bonds. The molecule has 0 bridgehead atoms. The van der Waals surface area contributed by atoms with Gasteiger partial charge in [0, 0.05) is 43.0 Å². The van der Waals surface area contributed by atoms with Crippen LogP contribution in [0.1, 0.15) is 101 Å². The molecule has 3 aromatic carbocycles. The van der Waals surface area contributed by atoms with Gasteiger partial charge >= 0.3 is 0 Å². The zero-order chi connectivity index (χ0) is 32.6. The van der Waals surface area contributed by atoms with Crippen LogP contribution >= 0.6 is 0 Å². The molecule has 0 saturated heterocycles. The van der Waals surface area contributed by atoms with Gasteiger partial charge in [0.05, 0.1) is 0 Å². The summed E-state index contributed by atoms with van der Waals surface area (Å²) in [4.78, 5) is 20.2. The van der Waals surface area contributed by atoms with E-state index in [4.69, 9.17) is 19.9 Å². The van der Waals surface area contributed by atoms with Crippen molar-refractivity contribution < 1.29 is 20.1 Å². The van der Waals surface area contributed by atoms with Crippen molar-refractivity contribution in [2.45, 2.75) is 104 Å². The van der Waals surface area contributed by atoms with Crippen molar-refractivity contribution in [2.75, 3.05) is 0 Å². The van der Waals surface area contributed by atoms with Gasteiger partial charge in [0.25, 0.3) is 0 Å². The van der Waals surface area contributed by atoms with E-state index in [1.807, 2.05) is 6.20 Å². The van der Waals surface area contributed by atoms with E-state index < -0.39 is 0 Å². The van der Waals surface area contributed by atoms with Crippen molar-refractivity contribution >= 4 is 0 Å². The van der Waals surface area contributed by atoms with Crippen LogP contribution in [0, 0.1) is 11.5 Å². The molecular formula is C43H45IrN4-. The second-order valence-corrected chi connectivity index (χ2v) is 15.7. The van der Waals surface area contributed by atoms with E-state index in [2.05, 4.69) is 108 Å². The first-order valence-electron chi connectivity index (χ1n) is 17.6. The maximum absolute atomic E-state index is 5.08. The van der Waals surface area contributed by atoms with Crippen molar-refractivity contribution in [2.24, 2.45) is 5.41 Å². The molecule has 1 radical (unpaired) electrons. The van der Waals surface area contributed by atoms with E-state index in [1.165, 1.54) is 59.1 Å². The van der Waals surface area contributed by atoms with Crippen LogP contribution in [0.15, 0.2) is 66.9 Å². The van der Waals surface area contributed by atoms with Gasteiger partial charge in [-0.3, -0.25) is 0 Å². The Morgan fingerprint density at radius 2 is 1.02 bits per heavy atom. The number of rotatable bonds is 4. The van der Waals surface area contributed by atoms with Crippen molar-refractivity contribution in [3.63, 3.8) is 0 Å². The molecular weight excluding hydrogens is 765 g/mol. The molecule has 8 rings (SSSR count). The normalized spacial score (nSPS) is 18.3. The van der Waals surface area contributed by atoms with Crippen LogP contribution in [-0.2, 0) is 56.6 Å². The largest absolute Gasteiger partial charge is 0.304 e. The molecule has 0 aliphatic heterocycles. The minimum atomic E-state index is 0. The Balaban J connectivity index is 0.00000364. The fourth-order valence-electron chi connectivity index (χ4n) is 8.32. The third-order valence-electron chi connectivity index (χ3n) is 12.6. The molecule has 0 N–H and O–H groups in total. The van der Waals surface area contributed by atoms with Crippen molar-refractivity contribution in [1.29, 1.82) is 0 Å². The Hall–Kier alpha value is -3.53. The summed E-state index contributed by atoms with van der Waals surface area (Å²) in [5.41, 5.74) is 13.7. The molecule has 2 heterocycles. The molecule has 48 heavy (non-hydrogen) atoms. The Bertz CT molecular complexity index is 1940. The number of pyridine rings is 1. The van der Waals surface area contributed by atoms with Crippen LogP contribution in [0.3, 0.4) is 0 Å². The van der Waals surface area contributed by atoms with Gasteiger partial charge < -0.3 is 4.98 Å². The summed E-state index contributed by atoms with van der Waals surface area (Å²) in [7, 11) is 0. The summed E-state index contributed by atoms with van der Waals surface area (Å²) >= 11 is 0. The third kappa shape index (κ3) is 5.29. The summed E-state index contributed by atoms with van der Waals surface area (Å²) in [6.45, 7) is 14.3. The molecule has 247 valence electrons. The number of nitrogens with zero attached hydrogens (tertiary/aromatic N) is 4. The predicted molar refractivity (Wildman–Crippen MR) is 191 cm³/mol. The van der Waals surface area contributed by atoms with Crippen LogP contribution in [0.5, 0.6) is 0 Å². The minimum absolute atomic E-state index is 0. The van der Waals surface area contributed by atoms with Gasteiger partial charge in [-0.2, -0.15) is 0 Å². The molecule has 0 atom stereocenters. The molecule has 3 aliphatic rings. The summed E-state index contributed by atoms with van der Waals surface area (Å²) in [6.07, 6.45) is 11.5. The zero-order valence-corrected chi connectivity index (χ0v) is 31.5. The summed E-state index contributed by atoms with van der Waals surface area (Å²) < 4.78 is 0. The smallest absolute Gasteiger partial charge is 0.165 e. The fraction of sp³-hybridized carbons (Fsp3) is 0.395. The number of fused-ring (bicyclic) bond motifs is 3. The third-order valence-corrected chi connectivity index (χ3v) is 12.6.